The van der Waals surface area contributed by atoms with Crippen molar-refractivity contribution in [3.05, 3.63) is 42.6 Å². The number of nitrogens with one attached hydrogen (secondary N) is 2. The lowest BCUT2D eigenvalue weighted by Crippen LogP contribution is -2.29. The Hall–Kier alpha value is -2.77. The zero-order valence-corrected chi connectivity index (χ0v) is 13.6. The van der Waals surface area contributed by atoms with Crippen LogP contribution in [0.1, 0.15) is 12.8 Å². The van der Waals surface area contributed by atoms with Crippen molar-refractivity contribution in [2.75, 3.05) is 11.9 Å². The summed E-state index contributed by atoms with van der Waals surface area (Å²) in [6.45, 7) is 0.445. The van der Waals surface area contributed by atoms with Gasteiger partial charge in [0.25, 0.3) is 5.91 Å². The summed E-state index contributed by atoms with van der Waals surface area (Å²) in [5.41, 5.74) is 8.72. The quantitative estimate of drug-likeness (QED) is 0.676. The highest BCUT2D eigenvalue weighted by atomic mass is 16.5. The summed E-state index contributed by atoms with van der Waals surface area (Å²) >= 11 is 0. The van der Waals surface area contributed by atoms with Gasteiger partial charge in [-0.3, -0.25) is 9.78 Å². The molecule has 0 spiro atoms. The second-order valence-electron chi connectivity index (χ2n) is 6.08. The molecular formula is C18H19N5O2. The maximum Gasteiger partial charge on any atom is 0.253 e. The van der Waals surface area contributed by atoms with Crippen molar-refractivity contribution in [2.45, 2.75) is 25.0 Å². The SMILES string of the molecule is NC[C@H]1CC[C@@H](C(=O)Nc2ccc3nc(-c4ccccn4)[nH]c3c2)O1. The molecule has 0 bridgehead atoms. The number of anilines is 1. The third kappa shape index (κ3) is 3.24. The summed E-state index contributed by atoms with van der Waals surface area (Å²) < 4.78 is 5.63. The van der Waals surface area contributed by atoms with Gasteiger partial charge in [-0.2, -0.15) is 0 Å². The average molecular weight is 337 g/mol. The monoisotopic (exact) mass is 337 g/mol. The molecule has 1 aliphatic heterocycles. The van der Waals surface area contributed by atoms with Gasteiger partial charge in [0.05, 0.1) is 17.1 Å². The molecule has 0 unspecified atom stereocenters. The van der Waals surface area contributed by atoms with E-state index in [1.54, 1.807) is 6.20 Å². The first-order chi connectivity index (χ1) is 12.2. The fourth-order valence-electron chi connectivity index (χ4n) is 3.01. The van der Waals surface area contributed by atoms with Crippen LogP contribution in [-0.4, -0.2) is 39.6 Å². The third-order valence-electron chi connectivity index (χ3n) is 4.32. The number of carbonyl (C=O) groups is 1. The van der Waals surface area contributed by atoms with Crippen LogP contribution in [0.5, 0.6) is 0 Å². The summed E-state index contributed by atoms with van der Waals surface area (Å²) in [7, 11) is 0. The number of fused-ring (bicyclic) bond motifs is 1. The topological polar surface area (TPSA) is 106 Å². The number of rotatable bonds is 4. The highest BCUT2D eigenvalue weighted by molar-refractivity contribution is 5.96. The van der Waals surface area contributed by atoms with Crippen molar-refractivity contribution < 1.29 is 9.53 Å². The number of aromatic nitrogens is 3. The molecule has 3 aromatic rings. The van der Waals surface area contributed by atoms with E-state index in [2.05, 4.69) is 20.3 Å². The molecule has 1 fully saturated rings. The highest BCUT2D eigenvalue weighted by Crippen LogP contribution is 2.23. The summed E-state index contributed by atoms with van der Waals surface area (Å²) in [6, 6.07) is 11.2. The molecule has 3 heterocycles. The number of amides is 1. The molecular weight excluding hydrogens is 318 g/mol. The fourth-order valence-corrected chi connectivity index (χ4v) is 3.01. The molecule has 4 rings (SSSR count). The molecule has 0 aliphatic carbocycles. The second kappa shape index (κ2) is 6.62. The van der Waals surface area contributed by atoms with E-state index in [4.69, 9.17) is 10.5 Å². The van der Waals surface area contributed by atoms with Crippen LogP contribution in [0.4, 0.5) is 5.69 Å². The molecule has 1 amide bonds. The van der Waals surface area contributed by atoms with Crippen molar-refractivity contribution in [1.82, 2.24) is 15.0 Å². The lowest BCUT2D eigenvalue weighted by Gasteiger charge is -2.12. The van der Waals surface area contributed by atoms with E-state index in [0.717, 1.165) is 23.1 Å². The smallest absolute Gasteiger partial charge is 0.253 e. The Morgan fingerprint density at radius 1 is 1.32 bits per heavy atom. The second-order valence-corrected chi connectivity index (χ2v) is 6.08. The van der Waals surface area contributed by atoms with Gasteiger partial charge >= 0.3 is 0 Å². The lowest BCUT2D eigenvalue weighted by molar-refractivity contribution is -0.126. The van der Waals surface area contributed by atoms with Gasteiger partial charge in [-0.05, 0) is 43.2 Å². The summed E-state index contributed by atoms with van der Waals surface area (Å²) in [6.07, 6.45) is 2.79. The molecule has 1 aliphatic rings. The molecule has 1 saturated heterocycles. The van der Waals surface area contributed by atoms with Crippen molar-refractivity contribution in [3.63, 3.8) is 0 Å². The summed E-state index contributed by atoms with van der Waals surface area (Å²) in [5, 5.41) is 2.90. The van der Waals surface area contributed by atoms with Crippen LogP contribution in [0.25, 0.3) is 22.6 Å². The Bertz CT molecular complexity index is 893. The number of imidazole rings is 1. The number of nitrogens with zero attached hydrogens (tertiary/aromatic N) is 2. The van der Waals surface area contributed by atoms with Crippen LogP contribution in [0.2, 0.25) is 0 Å². The van der Waals surface area contributed by atoms with Gasteiger partial charge in [0.2, 0.25) is 0 Å². The van der Waals surface area contributed by atoms with Crippen LogP contribution in [0.15, 0.2) is 42.6 Å². The predicted molar refractivity (Wildman–Crippen MR) is 94.9 cm³/mol. The molecule has 1 aromatic carbocycles. The number of H-pyrrole nitrogens is 1. The molecule has 128 valence electrons. The van der Waals surface area contributed by atoms with Gasteiger partial charge < -0.3 is 20.8 Å². The summed E-state index contributed by atoms with van der Waals surface area (Å²) in [5.74, 6) is 0.559. The van der Waals surface area contributed by atoms with Gasteiger partial charge in [0.15, 0.2) is 5.82 Å². The Labute approximate surface area is 144 Å². The molecule has 2 aromatic heterocycles. The van der Waals surface area contributed by atoms with E-state index in [0.29, 0.717) is 24.5 Å². The van der Waals surface area contributed by atoms with Crippen molar-refractivity contribution in [2.24, 2.45) is 5.73 Å². The van der Waals surface area contributed by atoms with Crippen LogP contribution < -0.4 is 11.1 Å². The Kier molecular flexibility index (Phi) is 4.17. The third-order valence-corrected chi connectivity index (χ3v) is 4.32. The molecule has 7 heteroatoms. The number of hydrogen-bond acceptors (Lipinski definition) is 5. The zero-order valence-electron chi connectivity index (χ0n) is 13.6. The van der Waals surface area contributed by atoms with E-state index in [-0.39, 0.29) is 12.0 Å². The number of nitrogens with two attached hydrogens (primary N) is 1. The minimum Gasteiger partial charge on any atom is -0.364 e. The fraction of sp³-hybridized carbons (Fsp3) is 0.278. The van der Waals surface area contributed by atoms with E-state index in [1.165, 1.54) is 0 Å². The molecule has 25 heavy (non-hydrogen) atoms. The molecule has 7 nitrogen and oxygen atoms in total. The number of carbonyl (C=O) groups excluding carboxylic acids is 1. The number of ether oxygens (including phenoxy) is 1. The molecule has 4 N–H and O–H groups in total. The van der Waals surface area contributed by atoms with Crippen LogP contribution in [-0.2, 0) is 9.53 Å². The minimum atomic E-state index is -0.435. The van der Waals surface area contributed by atoms with Gasteiger partial charge in [0.1, 0.15) is 11.8 Å². The largest absolute Gasteiger partial charge is 0.364 e. The van der Waals surface area contributed by atoms with E-state index in [1.807, 2.05) is 36.4 Å². The number of aromatic amines is 1. The minimum absolute atomic E-state index is 0.0215. The Balaban J connectivity index is 1.52. The van der Waals surface area contributed by atoms with Crippen LogP contribution in [0.3, 0.4) is 0 Å². The summed E-state index contributed by atoms with van der Waals surface area (Å²) in [4.78, 5) is 24.4. The van der Waals surface area contributed by atoms with E-state index < -0.39 is 6.10 Å². The van der Waals surface area contributed by atoms with Crippen molar-refractivity contribution in [1.29, 1.82) is 0 Å². The van der Waals surface area contributed by atoms with Gasteiger partial charge in [-0.1, -0.05) is 6.07 Å². The first kappa shape index (κ1) is 15.7. The first-order valence-electron chi connectivity index (χ1n) is 8.30. The normalized spacial score (nSPS) is 20.0. The Morgan fingerprint density at radius 3 is 3.00 bits per heavy atom. The zero-order chi connectivity index (χ0) is 17.2. The predicted octanol–water partition coefficient (Wildman–Crippen LogP) is 2.07. The highest BCUT2D eigenvalue weighted by Gasteiger charge is 2.29. The molecule has 0 saturated carbocycles. The van der Waals surface area contributed by atoms with Crippen LogP contribution >= 0.6 is 0 Å². The number of pyridine rings is 1. The standard InChI is InChI=1S/C18H19N5O2/c19-10-12-5-7-16(25-12)18(24)21-11-4-6-13-15(9-11)23-17(22-13)14-3-1-2-8-20-14/h1-4,6,8-9,12,16H,5,7,10,19H2,(H,21,24)(H,22,23)/t12-,16+/m1/s1. The van der Waals surface area contributed by atoms with Crippen molar-refractivity contribution in [3.8, 4) is 11.5 Å². The van der Waals surface area contributed by atoms with Gasteiger partial charge in [-0.15, -0.1) is 0 Å². The lowest BCUT2D eigenvalue weighted by atomic mass is 10.2. The number of hydrogen-bond donors (Lipinski definition) is 3. The van der Waals surface area contributed by atoms with Crippen molar-refractivity contribution >= 4 is 22.6 Å². The maximum atomic E-state index is 12.3. The number of benzene rings is 1. The molecule has 0 radical (unpaired) electrons. The van der Waals surface area contributed by atoms with Gasteiger partial charge in [0, 0.05) is 18.4 Å². The maximum absolute atomic E-state index is 12.3. The van der Waals surface area contributed by atoms with Crippen LogP contribution in [0, 0.1) is 0 Å². The van der Waals surface area contributed by atoms with Gasteiger partial charge in [-0.25, -0.2) is 4.98 Å². The molecule has 2 atom stereocenters. The first-order valence-corrected chi connectivity index (χ1v) is 8.30. The average Bonchev–Trinajstić information content (AvgIpc) is 3.29. The Morgan fingerprint density at radius 2 is 2.24 bits per heavy atom. The van der Waals surface area contributed by atoms with E-state index >= 15 is 0 Å². The van der Waals surface area contributed by atoms with E-state index in [9.17, 15) is 4.79 Å².